The van der Waals surface area contributed by atoms with Gasteiger partial charge in [-0.05, 0) is 17.5 Å². The monoisotopic (exact) mass is 239 g/mol. The van der Waals surface area contributed by atoms with Gasteiger partial charge in [-0.15, -0.1) is 11.6 Å². The van der Waals surface area contributed by atoms with Gasteiger partial charge in [0.05, 0.1) is 13.2 Å². The summed E-state index contributed by atoms with van der Waals surface area (Å²) in [6.07, 6.45) is 1.09. The number of hydrogen-bond donors (Lipinski definition) is 0. The molecule has 1 heterocycles. The quantitative estimate of drug-likeness (QED) is 0.748. The van der Waals surface area contributed by atoms with Crippen LogP contribution >= 0.6 is 11.6 Å². The van der Waals surface area contributed by atoms with E-state index in [1.54, 1.807) is 0 Å². The molecule has 0 saturated carbocycles. The minimum Gasteiger partial charge on any atom is -0.379 e. The van der Waals surface area contributed by atoms with Crippen LogP contribution in [-0.2, 0) is 17.0 Å². The van der Waals surface area contributed by atoms with Crippen molar-refractivity contribution < 1.29 is 4.74 Å². The van der Waals surface area contributed by atoms with Gasteiger partial charge in [-0.25, -0.2) is 0 Å². The lowest BCUT2D eigenvalue weighted by molar-refractivity contribution is 0.0384. The standard InChI is InChI=1S/C13H18ClNO/c14-11-13-4-2-1-3-12(13)5-6-15-7-9-16-10-8-15/h1-4H,5-11H2. The molecule has 0 bridgehead atoms. The van der Waals surface area contributed by atoms with Crippen molar-refractivity contribution in [2.75, 3.05) is 32.8 Å². The molecule has 0 unspecified atom stereocenters. The lowest BCUT2D eigenvalue weighted by atomic mass is 10.1. The Morgan fingerprint density at radius 3 is 2.50 bits per heavy atom. The molecule has 0 radical (unpaired) electrons. The molecule has 1 aliphatic heterocycles. The van der Waals surface area contributed by atoms with E-state index >= 15 is 0 Å². The van der Waals surface area contributed by atoms with Crippen LogP contribution in [0, 0.1) is 0 Å². The summed E-state index contributed by atoms with van der Waals surface area (Å²) in [5, 5.41) is 0. The van der Waals surface area contributed by atoms with Crippen LogP contribution < -0.4 is 0 Å². The van der Waals surface area contributed by atoms with Gasteiger partial charge in [0.15, 0.2) is 0 Å². The van der Waals surface area contributed by atoms with Gasteiger partial charge < -0.3 is 4.74 Å². The van der Waals surface area contributed by atoms with Crippen molar-refractivity contribution in [1.29, 1.82) is 0 Å². The summed E-state index contributed by atoms with van der Waals surface area (Å²) >= 11 is 5.92. The lowest BCUT2D eigenvalue weighted by Gasteiger charge is -2.26. The number of ether oxygens (including phenoxy) is 1. The maximum Gasteiger partial charge on any atom is 0.0594 e. The second-order valence-corrected chi connectivity index (χ2v) is 4.37. The first kappa shape index (κ1) is 11.9. The van der Waals surface area contributed by atoms with Crippen molar-refractivity contribution in [2.24, 2.45) is 0 Å². The van der Waals surface area contributed by atoms with Gasteiger partial charge in [0.25, 0.3) is 0 Å². The summed E-state index contributed by atoms with van der Waals surface area (Å²) in [7, 11) is 0. The Balaban J connectivity index is 1.88. The van der Waals surface area contributed by atoms with Crippen LogP contribution in [0.25, 0.3) is 0 Å². The third kappa shape index (κ3) is 3.21. The van der Waals surface area contributed by atoms with Gasteiger partial charge in [-0.1, -0.05) is 24.3 Å². The van der Waals surface area contributed by atoms with E-state index in [0.29, 0.717) is 5.88 Å². The van der Waals surface area contributed by atoms with E-state index in [1.807, 2.05) is 0 Å². The van der Waals surface area contributed by atoms with Crippen LogP contribution in [0.3, 0.4) is 0 Å². The van der Waals surface area contributed by atoms with Crippen LogP contribution in [0.4, 0.5) is 0 Å². The molecule has 2 rings (SSSR count). The molecular weight excluding hydrogens is 222 g/mol. The summed E-state index contributed by atoms with van der Waals surface area (Å²) in [6.45, 7) is 4.97. The maximum absolute atomic E-state index is 5.92. The highest BCUT2D eigenvalue weighted by atomic mass is 35.5. The second kappa shape index (κ2) is 6.24. The number of halogens is 1. The minimum absolute atomic E-state index is 0.610. The van der Waals surface area contributed by atoms with Crippen molar-refractivity contribution in [2.45, 2.75) is 12.3 Å². The fraction of sp³-hybridized carbons (Fsp3) is 0.538. The molecule has 1 aliphatic rings. The Bertz CT molecular complexity index is 323. The summed E-state index contributed by atoms with van der Waals surface area (Å²) in [4.78, 5) is 2.45. The highest BCUT2D eigenvalue weighted by Crippen LogP contribution is 2.12. The zero-order valence-electron chi connectivity index (χ0n) is 9.49. The fourth-order valence-electron chi connectivity index (χ4n) is 2.04. The van der Waals surface area contributed by atoms with Crippen LogP contribution in [0.15, 0.2) is 24.3 Å². The van der Waals surface area contributed by atoms with E-state index in [9.17, 15) is 0 Å². The van der Waals surface area contributed by atoms with Crippen molar-refractivity contribution in [3.8, 4) is 0 Å². The minimum atomic E-state index is 0.610. The van der Waals surface area contributed by atoms with Crippen molar-refractivity contribution in [1.82, 2.24) is 4.90 Å². The zero-order chi connectivity index (χ0) is 11.2. The van der Waals surface area contributed by atoms with Crippen LogP contribution in [0.2, 0.25) is 0 Å². The van der Waals surface area contributed by atoms with E-state index in [2.05, 4.69) is 29.2 Å². The molecule has 1 saturated heterocycles. The summed E-state index contributed by atoms with van der Waals surface area (Å²) in [6, 6.07) is 8.43. The average molecular weight is 240 g/mol. The molecule has 0 spiro atoms. The van der Waals surface area contributed by atoms with E-state index in [4.69, 9.17) is 16.3 Å². The molecule has 0 atom stereocenters. The van der Waals surface area contributed by atoms with Gasteiger partial charge in [0.1, 0.15) is 0 Å². The zero-order valence-corrected chi connectivity index (χ0v) is 10.2. The fourth-order valence-corrected chi connectivity index (χ4v) is 2.30. The molecule has 1 aromatic carbocycles. The molecule has 1 fully saturated rings. The number of hydrogen-bond acceptors (Lipinski definition) is 2. The molecule has 3 heteroatoms. The first-order valence-electron chi connectivity index (χ1n) is 5.83. The largest absolute Gasteiger partial charge is 0.379 e. The van der Waals surface area contributed by atoms with Crippen molar-refractivity contribution >= 4 is 11.6 Å². The van der Waals surface area contributed by atoms with E-state index < -0.39 is 0 Å². The Labute approximate surface area is 102 Å². The van der Waals surface area contributed by atoms with Gasteiger partial charge in [0, 0.05) is 25.5 Å². The van der Waals surface area contributed by atoms with Crippen LogP contribution in [0.5, 0.6) is 0 Å². The average Bonchev–Trinajstić information content (AvgIpc) is 2.38. The lowest BCUT2D eigenvalue weighted by Crippen LogP contribution is -2.37. The second-order valence-electron chi connectivity index (χ2n) is 4.11. The summed E-state index contributed by atoms with van der Waals surface area (Å²) < 4.78 is 5.33. The van der Waals surface area contributed by atoms with Gasteiger partial charge in [-0.2, -0.15) is 0 Å². The van der Waals surface area contributed by atoms with Crippen LogP contribution in [0.1, 0.15) is 11.1 Å². The third-order valence-electron chi connectivity index (χ3n) is 3.06. The van der Waals surface area contributed by atoms with E-state index in [-0.39, 0.29) is 0 Å². The third-order valence-corrected chi connectivity index (χ3v) is 3.35. The molecule has 0 aromatic heterocycles. The van der Waals surface area contributed by atoms with E-state index in [1.165, 1.54) is 11.1 Å². The molecule has 0 amide bonds. The molecule has 1 aromatic rings. The number of rotatable bonds is 4. The Morgan fingerprint density at radius 2 is 1.81 bits per heavy atom. The molecule has 0 N–H and O–H groups in total. The Morgan fingerprint density at radius 1 is 1.12 bits per heavy atom. The highest BCUT2D eigenvalue weighted by Gasteiger charge is 2.10. The number of nitrogens with zero attached hydrogens (tertiary/aromatic N) is 1. The first-order valence-corrected chi connectivity index (χ1v) is 6.36. The number of morpholine rings is 1. The van der Waals surface area contributed by atoms with Crippen molar-refractivity contribution in [3.05, 3.63) is 35.4 Å². The molecule has 16 heavy (non-hydrogen) atoms. The SMILES string of the molecule is ClCc1ccccc1CCN1CCOCC1. The van der Waals surface area contributed by atoms with E-state index in [0.717, 1.165) is 39.3 Å². The molecule has 2 nitrogen and oxygen atoms in total. The van der Waals surface area contributed by atoms with Gasteiger partial charge in [0.2, 0.25) is 0 Å². The number of benzene rings is 1. The predicted molar refractivity (Wildman–Crippen MR) is 67.0 cm³/mol. The van der Waals surface area contributed by atoms with Gasteiger partial charge in [-0.3, -0.25) is 4.90 Å². The normalized spacial score (nSPS) is 17.6. The molecule has 88 valence electrons. The summed E-state index contributed by atoms with van der Waals surface area (Å²) in [5.41, 5.74) is 2.64. The molecule has 0 aliphatic carbocycles. The summed E-state index contributed by atoms with van der Waals surface area (Å²) in [5.74, 6) is 0.610. The maximum atomic E-state index is 5.92. The van der Waals surface area contributed by atoms with Crippen molar-refractivity contribution in [3.63, 3.8) is 0 Å². The predicted octanol–water partition coefficient (Wildman–Crippen LogP) is 2.30. The highest BCUT2D eigenvalue weighted by molar-refractivity contribution is 6.17. The Kier molecular flexibility index (Phi) is 4.64. The van der Waals surface area contributed by atoms with Crippen LogP contribution in [-0.4, -0.2) is 37.7 Å². The first-order chi connectivity index (χ1) is 7.90. The topological polar surface area (TPSA) is 12.5 Å². The molecular formula is C13H18ClNO. The van der Waals surface area contributed by atoms with Gasteiger partial charge >= 0.3 is 0 Å². The smallest absolute Gasteiger partial charge is 0.0594 e. The number of alkyl halides is 1. The Hall–Kier alpha value is -0.570.